The molecule has 24 heavy (non-hydrogen) atoms. The van der Waals surface area contributed by atoms with Crippen LogP contribution in [-0.2, 0) is 14.8 Å². The molecule has 1 saturated heterocycles. The van der Waals surface area contributed by atoms with Crippen LogP contribution in [0, 0.1) is 6.92 Å². The zero-order valence-corrected chi connectivity index (χ0v) is 15.4. The first-order chi connectivity index (χ1) is 11.2. The molecule has 1 amide bonds. The van der Waals surface area contributed by atoms with E-state index in [9.17, 15) is 13.2 Å². The van der Waals surface area contributed by atoms with Crippen molar-refractivity contribution in [1.29, 1.82) is 0 Å². The minimum absolute atomic E-state index is 0.0559. The van der Waals surface area contributed by atoms with Crippen molar-refractivity contribution in [3.63, 3.8) is 0 Å². The Hall–Kier alpha value is -1.44. The molecule has 7 heteroatoms. The van der Waals surface area contributed by atoms with Crippen LogP contribution in [0.25, 0.3) is 0 Å². The largest absolute Gasteiger partial charge is 0.369 e. The minimum Gasteiger partial charge on any atom is -0.369 e. The number of hydrogen-bond donors (Lipinski definition) is 1. The van der Waals surface area contributed by atoms with Crippen molar-refractivity contribution in [2.75, 3.05) is 19.6 Å². The number of amides is 1. The van der Waals surface area contributed by atoms with Crippen LogP contribution in [0.15, 0.2) is 29.2 Å². The summed E-state index contributed by atoms with van der Waals surface area (Å²) in [5.74, 6) is -0.346. The van der Waals surface area contributed by atoms with Gasteiger partial charge >= 0.3 is 0 Å². The Bertz CT molecular complexity index is 680. The Kier molecular flexibility index (Phi) is 6.01. The van der Waals surface area contributed by atoms with Crippen molar-refractivity contribution >= 4 is 15.9 Å². The average molecular weight is 353 g/mol. The number of piperidine rings is 1. The maximum atomic E-state index is 13.1. The number of likely N-dealkylation sites (tertiary alicyclic amines) is 1. The van der Waals surface area contributed by atoms with Gasteiger partial charge in [-0.05, 0) is 51.3 Å². The number of nitrogens with zero attached hydrogens (tertiary/aromatic N) is 2. The average Bonchev–Trinajstić information content (AvgIpc) is 2.48. The molecule has 6 nitrogen and oxygen atoms in total. The Morgan fingerprint density at radius 1 is 1.33 bits per heavy atom. The third kappa shape index (κ3) is 4.34. The number of nitrogens with two attached hydrogens (primary N) is 1. The van der Waals surface area contributed by atoms with Crippen LogP contribution in [-0.4, -0.2) is 55.2 Å². The molecule has 0 bridgehead atoms. The highest BCUT2D eigenvalue weighted by Crippen LogP contribution is 2.27. The lowest BCUT2D eigenvalue weighted by Crippen LogP contribution is -2.51. The normalized spacial score (nSPS) is 17.5. The molecule has 1 aromatic rings. The first kappa shape index (κ1) is 18.9. The summed E-state index contributed by atoms with van der Waals surface area (Å²) in [5, 5.41) is 0. The lowest BCUT2D eigenvalue weighted by Gasteiger charge is -2.39. The van der Waals surface area contributed by atoms with Gasteiger partial charge in [0.25, 0.3) is 0 Å². The summed E-state index contributed by atoms with van der Waals surface area (Å²) in [7, 11) is -3.54. The standard InChI is InChI=1S/C17H27N3O3S/c1-13(2)20(15-7-9-19(10-8-15)12-17(18)21)24(22,23)16-6-4-5-14(3)11-16/h4-6,11,13,15H,7-10,12H2,1-3H3,(H2,18,21). The molecule has 1 aromatic carbocycles. The first-order valence-corrected chi connectivity index (χ1v) is 9.76. The van der Waals surface area contributed by atoms with E-state index in [-0.39, 0.29) is 24.5 Å². The number of rotatable bonds is 6. The molecule has 2 N–H and O–H groups in total. The Morgan fingerprint density at radius 3 is 2.46 bits per heavy atom. The van der Waals surface area contributed by atoms with E-state index in [1.54, 1.807) is 22.5 Å². The zero-order chi connectivity index (χ0) is 17.9. The van der Waals surface area contributed by atoms with Crippen LogP contribution in [0.3, 0.4) is 0 Å². The SMILES string of the molecule is Cc1cccc(S(=O)(=O)N(C(C)C)C2CCN(CC(N)=O)CC2)c1. The fourth-order valence-corrected chi connectivity index (χ4v) is 5.33. The third-order valence-electron chi connectivity index (χ3n) is 4.37. The van der Waals surface area contributed by atoms with Crippen molar-refractivity contribution in [1.82, 2.24) is 9.21 Å². The maximum Gasteiger partial charge on any atom is 0.243 e. The van der Waals surface area contributed by atoms with E-state index in [0.717, 1.165) is 5.56 Å². The van der Waals surface area contributed by atoms with Gasteiger partial charge in [0.2, 0.25) is 15.9 Å². The van der Waals surface area contributed by atoms with Crippen molar-refractivity contribution < 1.29 is 13.2 Å². The molecule has 2 rings (SSSR count). The highest BCUT2D eigenvalue weighted by molar-refractivity contribution is 7.89. The van der Waals surface area contributed by atoms with Crippen LogP contribution in [0.1, 0.15) is 32.3 Å². The van der Waals surface area contributed by atoms with E-state index in [2.05, 4.69) is 0 Å². The van der Waals surface area contributed by atoms with Gasteiger partial charge in [0.1, 0.15) is 0 Å². The second-order valence-electron chi connectivity index (χ2n) is 6.72. The number of benzene rings is 1. The molecule has 0 atom stereocenters. The van der Waals surface area contributed by atoms with Gasteiger partial charge in [-0.25, -0.2) is 8.42 Å². The molecule has 1 fully saturated rings. The molecule has 0 saturated carbocycles. The van der Waals surface area contributed by atoms with Crippen molar-refractivity contribution in [2.45, 2.75) is 50.6 Å². The van der Waals surface area contributed by atoms with Crippen molar-refractivity contribution in [3.05, 3.63) is 29.8 Å². The Labute approximate surface area is 144 Å². The number of sulfonamides is 1. The summed E-state index contributed by atoms with van der Waals surface area (Å²) in [4.78, 5) is 13.4. The summed E-state index contributed by atoms with van der Waals surface area (Å²) < 4.78 is 27.9. The van der Waals surface area contributed by atoms with Crippen molar-refractivity contribution in [3.8, 4) is 0 Å². The number of aryl methyl sites for hydroxylation is 1. The van der Waals surface area contributed by atoms with Gasteiger partial charge in [0.15, 0.2) is 0 Å². The summed E-state index contributed by atoms with van der Waals surface area (Å²) >= 11 is 0. The van der Waals surface area contributed by atoms with Gasteiger partial charge in [-0.1, -0.05) is 12.1 Å². The highest BCUT2D eigenvalue weighted by Gasteiger charge is 2.35. The first-order valence-electron chi connectivity index (χ1n) is 8.32. The molecule has 0 unspecified atom stereocenters. The number of hydrogen-bond acceptors (Lipinski definition) is 4. The summed E-state index contributed by atoms with van der Waals surface area (Å²) in [6.45, 7) is 7.30. The van der Waals surface area contributed by atoms with Crippen LogP contribution in [0.4, 0.5) is 0 Å². The fourth-order valence-electron chi connectivity index (χ4n) is 3.35. The van der Waals surface area contributed by atoms with Crippen LogP contribution >= 0.6 is 0 Å². The molecular weight excluding hydrogens is 326 g/mol. The number of carbonyl (C=O) groups is 1. The second-order valence-corrected chi connectivity index (χ2v) is 8.56. The second kappa shape index (κ2) is 7.63. The predicted octanol–water partition coefficient (Wildman–Crippen LogP) is 1.34. The van der Waals surface area contributed by atoms with E-state index in [1.165, 1.54) is 0 Å². The molecule has 0 spiro atoms. The zero-order valence-electron chi connectivity index (χ0n) is 14.6. The quantitative estimate of drug-likeness (QED) is 0.836. The lowest BCUT2D eigenvalue weighted by atomic mass is 10.0. The summed E-state index contributed by atoms with van der Waals surface area (Å²) in [6, 6.07) is 6.85. The predicted molar refractivity (Wildman–Crippen MR) is 94.0 cm³/mol. The lowest BCUT2D eigenvalue weighted by molar-refractivity contribution is -0.119. The molecular formula is C17H27N3O3S. The van der Waals surface area contributed by atoms with Crippen LogP contribution < -0.4 is 5.73 Å². The van der Waals surface area contributed by atoms with Gasteiger partial charge in [0.05, 0.1) is 11.4 Å². The number of primary amides is 1. The monoisotopic (exact) mass is 353 g/mol. The van der Waals surface area contributed by atoms with Gasteiger partial charge in [-0.15, -0.1) is 0 Å². The fraction of sp³-hybridized carbons (Fsp3) is 0.588. The molecule has 1 aliphatic rings. The molecule has 0 radical (unpaired) electrons. The number of carbonyl (C=O) groups excluding carboxylic acids is 1. The smallest absolute Gasteiger partial charge is 0.243 e. The molecule has 134 valence electrons. The van der Waals surface area contributed by atoms with Crippen molar-refractivity contribution in [2.24, 2.45) is 5.73 Å². The topological polar surface area (TPSA) is 83.7 Å². The third-order valence-corrected chi connectivity index (χ3v) is 6.49. The van der Waals surface area contributed by atoms with E-state index in [4.69, 9.17) is 5.73 Å². The van der Waals surface area contributed by atoms with E-state index >= 15 is 0 Å². The highest BCUT2D eigenvalue weighted by atomic mass is 32.2. The summed E-state index contributed by atoms with van der Waals surface area (Å²) in [6.07, 6.45) is 1.41. The van der Waals surface area contributed by atoms with Crippen LogP contribution in [0.2, 0.25) is 0 Å². The van der Waals surface area contributed by atoms with Crippen LogP contribution in [0.5, 0.6) is 0 Å². The van der Waals surface area contributed by atoms with Gasteiger partial charge in [0, 0.05) is 25.2 Å². The van der Waals surface area contributed by atoms with Gasteiger partial charge in [-0.3, -0.25) is 9.69 Å². The van der Waals surface area contributed by atoms with E-state index in [1.807, 2.05) is 31.7 Å². The van der Waals surface area contributed by atoms with E-state index < -0.39 is 10.0 Å². The van der Waals surface area contributed by atoms with Gasteiger partial charge < -0.3 is 5.73 Å². The molecule has 0 aromatic heterocycles. The Morgan fingerprint density at radius 2 is 1.96 bits per heavy atom. The molecule has 1 heterocycles. The molecule has 0 aliphatic carbocycles. The van der Waals surface area contributed by atoms with E-state index in [0.29, 0.717) is 30.8 Å². The van der Waals surface area contributed by atoms with Gasteiger partial charge in [-0.2, -0.15) is 4.31 Å². The maximum absolute atomic E-state index is 13.1. The summed E-state index contributed by atoms with van der Waals surface area (Å²) in [5.41, 5.74) is 6.17. The minimum atomic E-state index is -3.54. The Balaban J connectivity index is 2.20. The molecule has 1 aliphatic heterocycles.